The van der Waals surface area contributed by atoms with Crippen LogP contribution in [0.1, 0.15) is 10.4 Å². The fourth-order valence-electron chi connectivity index (χ4n) is 0.670. The second-order valence-corrected chi connectivity index (χ2v) is 3.39. The quantitative estimate of drug-likeness (QED) is 0.710. The second kappa shape index (κ2) is 3.05. The first kappa shape index (κ1) is 7.59. The van der Waals surface area contributed by atoms with E-state index in [2.05, 4.69) is 0 Å². The summed E-state index contributed by atoms with van der Waals surface area (Å²) in [7, 11) is 0. The predicted molar refractivity (Wildman–Crippen MR) is 38.8 cm³/mol. The maximum absolute atomic E-state index is 10.4. The molecule has 3 radical (unpaired) electrons. The number of carboxylic acid groups (broad SMARTS) is 1. The van der Waals surface area contributed by atoms with E-state index in [9.17, 15) is 4.79 Å². The summed E-state index contributed by atoms with van der Waals surface area (Å²) in [5, 5.41) is 8.58. The van der Waals surface area contributed by atoms with Gasteiger partial charge in [-0.1, -0.05) is 0 Å². The Bertz CT molecular complexity index is 258. The summed E-state index contributed by atoms with van der Waals surface area (Å²) in [4.78, 5) is 10.4. The average Bonchev–Trinajstić information content (AvgIpc) is 1.88. The van der Waals surface area contributed by atoms with Crippen LogP contribution in [0.5, 0.6) is 0 Å². The number of hydrogen-bond acceptors (Lipinski definition) is 1. The molecule has 1 rings (SSSR count). The zero-order valence-electron chi connectivity index (χ0n) is 5.16. The first-order valence-electron chi connectivity index (χ1n) is 2.76. The minimum absolute atomic E-state index is 0.417. The van der Waals surface area contributed by atoms with Crippen LogP contribution in [0.3, 0.4) is 0 Å². The van der Waals surface area contributed by atoms with Crippen molar-refractivity contribution in [2.45, 2.75) is 0 Å². The first-order valence-corrected chi connectivity index (χ1v) is 4.18. The Hall–Kier alpha value is -0.511. The summed E-state index contributed by atoms with van der Waals surface area (Å²) in [6, 6.07) is 7.02. The third kappa shape index (κ3) is 1.50. The molecule has 0 amide bonds. The number of rotatable bonds is 1. The molecule has 0 spiro atoms. The second-order valence-electron chi connectivity index (χ2n) is 1.85. The molecular weight excluding hydrogens is 235 g/mol. The molecule has 0 bridgehead atoms. The molecule has 10 heavy (non-hydrogen) atoms. The van der Waals surface area contributed by atoms with Crippen LogP contribution in [-0.2, 0) is 0 Å². The van der Waals surface area contributed by atoms with E-state index in [1.165, 1.54) is 0 Å². The van der Waals surface area contributed by atoms with Gasteiger partial charge in [0.15, 0.2) is 0 Å². The molecule has 0 saturated heterocycles. The molecule has 3 heteroatoms. The van der Waals surface area contributed by atoms with Gasteiger partial charge in [0.05, 0.1) is 0 Å². The van der Waals surface area contributed by atoms with Crippen LogP contribution in [-0.4, -0.2) is 33.6 Å². The van der Waals surface area contributed by atoms with Crippen molar-refractivity contribution in [2.24, 2.45) is 0 Å². The molecule has 0 saturated carbocycles. The molecule has 2 nitrogen and oxygen atoms in total. The Morgan fingerprint density at radius 3 is 2.40 bits per heavy atom. The molecule has 0 aliphatic rings. The zero-order chi connectivity index (χ0) is 7.56. The van der Waals surface area contributed by atoms with Crippen molar-refractivity contribution in [3.05, 3.63) is 29.8 Å². The van der Waals surface area contributed by atoms with Crippen molar-refractivity contribution in [1.82, 2.24) is 0 Å². The Morgan fingerprint density at radius 2 is 2.00 bits per heavy atom. The van der Waals surface area contributed by atoms with Gasteiger partial charge in [0.25, 0.3) is 0 Å². The maximum atomic E-state index is 10.4. The molecule has 0 aliphatic heterocycles. The van der Waals surface area contributed by atoms with E-state index in [-0.39, 0.29) is 0 Å². The van der Waals surface area contributed by atoms with Crippen molar-refractivity contribution < 1.29 is 9.90 Å². The summed E-state index contributed by atoms with van der Waals surface area (Å²) < 4.78 is 0.891. The molecule has 49 valence electrons. The fourth-order valence-corrected chi connectivity index (χ4v) is 1.49. The normalized spacial score (nSPS) is 9.30. The topological polar surface area (TPSA) is 37.3 Å². The van der Waals surface area contributed by atoms with Crippen molar-refractivity contribution in [3.63, 3.8) is 0 Å². The summed E-state index contributed by atoms with van der Waals surface area (Å²) in [6.45, 7) is 0. The van der Waals surface area contributed by atoms with Crippen LogP contribution in [0.15, 0.2) is 24.3 Å². The minimum atomic E-state index is -0.840. The zero-order valence-corrected chi connectivity index (χ0v) is 8.02. The van der Waals surface area contributed by atoms with Gasteiger partial charge in [-0.25, -0.2) is 0 Å². The van der Waals surface area contributed by atoms with Crippen molar-refractivity contribution in [1.29, 1.82) is 0 Å². The van der Waals surface area contributed by atoms with Gasteiger partial charge in [-0.2, -0.15) is 0 Å². The van der Waals surface area contributed by atoms with E-state index >= 15 is 0 Å². The third-order valence-electron chi connectivity index (χ3n) is 1.16. The van der Waals surface area contributed by atoms with Gasteiger partial charge in [-0.15, -0.1) is 0 Å². The Kier molecular flexibility index (Phi) is 2.32. The van der Waals surface area contributed by atoms with Gasteiger partial charge < -0.3 is 0 Å². The van der Waals surface area contributed by atoms with E-state index in [4.69, 9.17) is 5.11 Å². The van der Waals surface area contributed by atoms with Crippen LogP contribution in [0, 0.1) is 0 Å². The number of benzene rings is 1. The van der Waals surface area contributed by atoms with Crippen molar-refractivity contribution in [3.8, 4) is 0 Å². The standard InChI is InChI=1S/C7H5O2.Sn/c8-7(9)6-4-2-1-3-5-6;/h1-4H,(H,8,9);. The van der Waals surface area contributed by atoms with Gasteiger partial charge in [0.2, 0.25) is 0 Å². The molecule has 0 aliphatic carbocycles. The van der Waals surface area contributed by atoms with E-state index in [0.29, 0.717) is 5.56 Å². The Balaban J connectivity index is 3.15. The predicted octanol–water partition coefficient (Wildman–Crippen LogP) is 0.179. The van der Waals surface area contributed by atoms with Crippen molar-refractivity contribution in [2.75, 3.05) is 0 Å². The van der Waals surface area contributed by atoms with Gasteiger partial charge in [0, 0.05) is 0 Å². The third-order valence-corrected chi connectivity index (χ3v) is 2.40. The van der Waals surface area contributed by atoms with Gasteiger partial charge in [0.1, 0.15) is 0 Å². The molecule has 1 aromatic rings. The van der Waals surface area contributed by atoms with Crippen LogP contribution in [0.25, 0.3) is 0 Å². The van der Waals surface area contributed by atoms with E-state index in [1.54, 1.807) is 12.1 Å². The monoisotopic (exact) mass is 241 g/mol. The van der Waals surface area contributed by atoms with Crippen LogP contribution in [0.2, 0.25) is 0 Å². The Morgan fingerprint density at radius 1 is 1.40 bits per heavy atom. The summed E-state index contributed by atoms with van der Waals surface area (Å²) in [5.74, 6) is -0.840. The first-order chi connectivity index (χ1) is 4.72. The molecule has 0 heterocycles. The number of hydrogen-bond donors (Lipinski definition) is 1. The van der Waals surface area contributed by atoms with Crippen LogP contribution < -0.4 is 3.58 Å². The molecular formula is C7H5O2Sn. The molecule has 1 aromatic carbocycles. The number of carbonyl (C=O) groups is 1. The van der Waals surface area contributed by atoms with E-state index < -0.39 is 5.97 Å². The molecule has 0 unspecified atom stereocenters. The SMILES string of the molecule is O=C(O)c1cccc[c]1[Sn]. The van der Waals surface area contributed by atoms with Gasteiger partial charge >= 0.3 is 71.8 Å². The Labute approximate surface area is 72.0 Å². The fraction of sp³-hybridized carbons (Fsp3) is 0. The van der Waals surface area contributed by atoms with E-state index in [1.807, 2.05) is 12.1 Å². The average molecular weight is 240 g/mol. The van der Waals surface area contributed by atoms with Gasteiger partial charge in [-0.05, 0) is 0 Å². The molecule has 0 atom stereocenters. The summed E-state index contributed by atoms with van der Waals surface area (Å²) in [6.07, 6.45) is 0. The van der Waals surface area contributed by atoms with E-state index in [0.717, 1.165) is 26.1 Å². The summed E-state index contributed by atoms with van der Waals surface area (Å²) >= 11 is 1.14. The number of carboxylic acids is 1. The van der Waals surface area contributed by atoms with Crippen LogP contribution >= 0.6 is 0 Å². The van der Waals surface area contributed by atoms with Crippen molar-refractivity contribution >= 4 is 32.1 Å². The van der Waals surface area contributed by atoms with Crippen LogP contribution in [0.4, 0.5) is 0 Å². The summed E-state index contributed by atoms with van der Waals surface area (Å²) in [5.41, 5.74) is 0.417. The number of aromatic carboxylic acids is 1. The molecule has 0 fully saturated rings. The molecule has 0 aromatic heterocycles. The molecule has 1 N–H and O–H groups in total. The van der Waals surface area contributed by atoms with Gasteiger partial charge in [-0.3, -0.25) is 0 Å².